The van der Waals surface area contributed by atoms with Crippen molar-refractivity contribution in [1.29, 1.82) is 0 Å². The molecule has 0 spiro atoms. The van der Waals surface area contributed by atoms with Gasteiger partial charge in [-0.05, 0) is 91.2 Å². The van der Waals surface area contributed by atoms with Crippen molar-refractivity contribution >= 4 is 40.6 Å². The number of nitrogens with one attached hydrogen (secondary N) is 2. The lowest BCUT2D eigenvalue weighted by Crippen LogP contribution is -2.44. The highest BCUT2D eigenvalue weighted by Gasteiger charge is 2.36. The molecule has 1 aromatic heterocycles. The van der Waals surface area contributed by atoms with Crippen molar-refractivity contribution in [2.24, 2.45) is 0 Å². The highest BCUT2D eigenvalue weighted by molar-refractivity contribution is 7.09. The van der Waals surface area contributed by atoms with Crippen molar-refractivity contribution in [3.63, 3.8) is 0 Å². The number of aryl methyl sites for hydroxylation is 2. The van der Waals surface area contributed by atoms with Gasteiger partial charge < -0.3 is 21.1 Å². The Bertz CT molecular complexity index is 1650. The maximum Gasteiger partial charge on any atom is 0.273 e. The number of carbonyl (C=O) groups excluding carboxylic acids is 3. The maximum absolute atomic E-state index is 14.6. The summed E-state index contributed by atoms with van der Waals surface area (Å²) in [5.74, 6) is -0.637. The minimum atomic E-state index is -1.06. The number of nitrogen functional groups attached to an aromatic ring is 1. The Kier molecular flexibility index (Phi) is 10.7. The predicted molar refractivity (Wildman–Crippen MR) is 182 cm³/mol. The molecule has 240 valence electrons. The fraction of sp³-hybridized carbons (Fsp3) is 0.333. The molecule has 0 radical (unpaired) electrons. The fourth-order valence-corrected chi connectivity index (χ4v) is 6.71. The van der Waals surface area contributed by atoms with E-state index in [-0.39, 0.29) is 34.1 Å². The van der Waals surface area contributed by atoms with Crippen LogP contribution >= 0.6 is 11.5 Å². The van der Waals surface area contributed by atoms with Crippen LogP contribution in [0.2, 0.25) is 0 Å². The second-order valence-corrected chi connectivity index (χ2v) is 12.6. The van der Waals surface area contributed by atoms with E-state index in [4.69, 9.17) is 10.5 Å². The molecule has 1 fully saturated rings. The van der Waals surface area contributed by atoms with Crippen LogP contribution < -0.4 is 26.0 Å². The van der Waals surface area contributed by atoms with Gasteiger partial charge in [0.25, 0.3) is 11.8 Å². The third-order valence-corrected chi connectivity index (χ3v) is 9.13. The molecule has 0 bridgehead atoms. The highest BCUT2D eigenvalue weighted by Crippen LogP contribution is 2.35. The number of anilines is 2. The van der Waals surface area contributed by atoms with Crippen LogP contribution in [0.25, 0.3) is 0 Å². The average molecular weight is 640 g/mol. The lowest BCUT2D eigenvalue weighted by molar-refractivity contribution is -0.122. The predicted octanol–water partition coefficient (Wildman–Crippen LogP) is 6.16. The number of nitrogens with two attached hydrogens (primary N) is 1. The van der Waals surface area contributed by atoms with Gasteiger partial charge in [0.2, 0.25) is 5.91 Å². The molecule has 4 aromatic rings. The van der Waals surface area contributed by atoms with Crippen LogP contribution in [0.5, 0.6) is 5.75 Å². The Balaban J connectivity index is 1.52. The van der Waals surface area contributed by atoms with E-state index >= 15 is 0 Å². The second kappa shape index (κ2) is 15.1. The summed E-state index contributed by atoms with van der Waals surface area (Å²) in [5.41, 5.74) is 10.6. The molecule has 0 aliphatic heterocycles. The van der Waals surface area contributed by atoms with E-state index < -0.39 is 11.9 Å². The van der Waals surface area contributed by atoms with Gasteiger partial charge in [-0.1, -0.05) is 67.8 Å². The number of aromatic nitrogens is 1. The molecule has 0 unspecified atom stereocenters. The van der Waals surface area contributed by atoms with Gasteiger partial charge in [-0.2, -0.15) is 4.37 Å². The molecule has 1 atom stereocenters. The van der Waals surface area contributed by atoms with Gasteiger partial charge in [-0.25, -0.2) is 0 Å². The van der Waals surface area contributed by atoms with E-state index in [2.05, 4.69) is 15.0 Å². The summed E-state index contributed by atoms with van der Waals surface area (Å²) >= 11 is 0.873. The molecule has 1 saturated carbocycles. The van der Waals surface area contributed by atoms with Gasteiger partial charge in [0.05, 0.1) is 12.8 Å². The zero-order chi connectivity index (χ0) is 32.6. The van der Waals surface area contributed by atoms with Crippen LogP contribution in [0.4, 0.5) is 11.4 Å². The van der Waals surface area contributed by atoms with Gasteiger partial charge in [0, 0.05) is 18.3 Å². The Labute approximate surface area is 274 Å². The number of methoxy groups -OCH3 is 1. The van der Waals surface area contributed by atoms with Crippen LogP contribution in [0.15, 0.2) is 72.8 Å². The molecule has 9 nitrogen and oxygen atoms in total. The molecule has 1 heterocycles. The zero-order valence-corrected chi connectivity index (χ0v) is 27.4. The number of carbonyl (C=O) groups is 3. The van der Waals surface area contributed by atoms with Gasteiger partial charge in [-0.15, -0.1) is 0 Å². The number of amides is 3. The summed E-state index contributed by atoms with van der Waals surface area (Å²) < 4.78 is 9.71. The largest absolute Gasteiger partial charge is 0.497 e. The quantitative estimate of drug-likeness (QED) is 0.180. The molecule has 1 aliphatic carbocycles. The van der Waals surface area contributed by atoms with E-state index in [1.807, 2.05) is 62.4 Å². The van der Waals surface area contributed by atoms with Crippen LogP contribution in [0.1, 0.15) is 80.6 Å². The summed E-state index contributed by atoms with van der Waals surface area (Å²) in [6.07, 6.45) is 5.72. The summed E-state index contributed by atoms with van der Waals surface area (Å²) in [7, 11) is 1.57. The van der Waals surface area contributed by atoms with E-state index in [0.29, 0.717) is 30.0 Å². The molecule has 0 saturated heterocycles. The topological polar surface area (TPSA) is 127 Å². The van der Waals surface area contributed by atoms with Gasteiger partial charge in [0.1, 0.15) is 16.7 Å². The standard InChI is InChI=1S/C36H41N5O4S/c1-23-20-24(2)22-28(21-23)41(36(44)33-30(37)31(40-46-33)34(42)39-27-12-8-5-9-13-27)32(26-14-16-29(45-3)17-15-26)35(43)38-19-18-25-10-6-4-7-11-25/h4,6-7,10-11,14-17,20-22,27,32H,5,8-9,12-13,18-19,37H2,1-3H3,(H,38,43)(H,39,42)/t32-/m1/s1. The SMILES string of the molecule is COc1ccc([C@H](C(=O)NCCc2ccccc2)N(C(=O)c2snc(C(=O)NC3CCCCC3)c2N)c2cc(C)cc(C)c2)cc1. The minimum Gasteiger partial charge on any atom is -0.497 e. The summed E-state index contributed by atoms with van der Waals surface area (Å²) in [5, 5.41) is 6.10. The number of ether oxygens (including phenoxy) is 1. The zero-order valence-electron chi connectivity index (χ0n) is 26.5. The smallest absolute Gasteiger partial charge is 0.273 e. The first-order valence-corrected chi connectivity index (χ1v) is 16.5. The van der Waals surface area contributed by atoms with Gasteiger partial charge >= 0.3 is 0 Å². The van der Waals surface area contributed by atoms with Gasteiger partial charge in [0.15, 0.2) is 5.69 Å². The third-order valence-electron chi connectivity index (χ3n) is 8.27. The van der Waals surface area contributed by atoms with Crippen LogP contribution in [0, 0.1) is 13.8 Å². The highest BCUT2D eigenvalue weighted by atomic mass is 32.1. The van der Waals surface area contributed by atoms with Crippen molar-refractivity contribution in [3.8, 4) is 5.75 Å². The molecule has 3 amide bonds. The summed E-state index contributed by atoms with van der Waals surface area (Å²) in [6, 6.07) is 21.7. The number of hydrogen-bond donors (Lipinski definition) is 3. The molecule has 1 aliphatic rings. The van der Waals surface area contributed by atoms with Crippen molar-refractivity contribution < 1.29 is 19.1 Å². The van der Waals surface area contributed by atoms with Crippen molar-refractivity contribution in [2.45, 2.75) is 64.5 Å². The first-order valence-electron chi connectivity index (χ1n) is 15.7. The number of nitrogens with zero attached hydrogens (tertiary/aromatic N) is 2. The number of rotatable bonds is 11. The maximum atomic E-state index is 14.6. The molecule has 10 heteroatoms. The molecule has 5 rings (SSSR count). The average Bonchev–Trinajstić information content (AvgIpc) is 3.45. The molecule has 4 N–H and O–H groups in total. The molecular formula is C36H41N5O4S. The number of benzene rings is 3. The Hall–Kier alpha value is -4.70. The van der Waals surface area contributed by atoms with E-state index in [1.165, 1.54) is 4.90 Å². The van der Waals surface area contributed by atoms with E-state index in [1.54, 1.807) is 31.4 Å². The summed E-state index contributed by atoms with van der Waals surface area (Å²) in [6.45, 7) is 4.25. The summed E-state index contributed by atoms with van der Waals surface area (Å²) in [4.78, 5) is 43.6. The number of hydrogen-bond acceptors (Lipinski definition) is 7. The fourth-order valence-electron chi connectivity index (χ4n) is 5.97. The molecule has 46 heavy (non-hydrogen) atoms. The minimum absolute atomic E-state index is 0.00986. The van der Waals surface area contributed by atoms with Crippen LogP contribution in [-0.2, 0) is 11.2 Å². The van der Waals surface area contributed by atoms with Crippen LogP contribution in [0.3, 0.4) is 0 Å². The van der Waals surface area contributed by atoms with Crippen molar-refractivity contribution in [2.75, 3.05) is 24.3 Å². The first-order chi connectivity index (χ1) is 22.2. The van der Waals surface area contributed by atoms with E-state index in [0.717, 1.165) is 60.3 Å². The third kappa shape index (κ3) is 7.74. The second-order valence-electron chi connectivity index (χ2n) is 11.8. The first kappa shape index (κ1) is 32.7. The molecule has 3 aromatic carbocycles. The normalized spacial score (nSPS) is 13.9. The van der Waals surface area contributed by atoms with Gasteiger partial charge in [-0.3, -0.25) is 19.3 Å². The Morgan fingerprint density at radius 2 is 1.65 bits per heavy atom. The lowest BCUT2D eigenvalue weighted by atomic mass is 9.95. The van der Waals surface area contributed by atoms with Crippen molar-refractivity contribution in [1.82, 2.24) is 15.0 Å². The van der Waals surface area contributed by atoms with Crippen molar-refractivity contribution in [3.05, 3.63) is 106 Å². The van der Waals surface area contributed by atoms with E-state index in [9.17, 15) is 14.4 Å². The van der Waals surface area contributed by atoms with Crippen LogP contribution in [-0.4, -0.2) is 41.8 Å². The Morgan fingerprint density at radius 3 is 2.30 bits per heavy atom. The lowest BCUT2D eigenvalue weighted by Gasteiger charge is -2.32. The monoisotopic (exact) mass is 639 g/mol. The Morgan fingerprint density at radius 1 is 0.978 bits per heavy atom. The molecular weight excluding hydrogens is 598 g/mol.